The normalized spacial score (nSPS) is 11.4. The fraction of sp³-hybridized carbons (Fsp3) is 0.417. The first-order valence-electron chi connectivity index (χ1n) is 5.39. The second kappa shape index (κ2) is 5.98. The SMILES string of the molecule is CCC(=CCn1cnc(C)cc1=O)C(=O)OC. The lowest BCUT2D eigenvalue weighted by molar-refractivity contribution is -0.136. The summed E-state index contributed by atoms with van der Waals surface area (Å²) in [6.45, 7) is 3.94. The van der Waals surface area contributed by atoms with Crippen molar-refractivity contribution >= 4 is 5.97 Å². The number of rotatable bonds is 4. The minimum Gasteiger partial charge on any atom is -0.466 e. The number of esters is 1. The zero-order chi connectivity index (χ0) is 12.8. The summed E-state index contributed by atoms with van der Waals surface area (Å²) in [6.07, 6.45) is 3.73. The van der Waals surface area contributed by atoms with Crippen LogP contribution in [0.15, 0.2) is 28.8 Å². The zero-order valence-corrected chi connectivity index (χ0v) is 10.3. The monoisotopic (exact) mass is 236 g/mol. The molecule has 0 amide bonds. The van der Waals surface area contributed by atoms with Gasteiger partial charge in [0, 0.05) is 23.9 Å². The van der Waals surface area contributed by atoms with Crippen molar-refractivity contribution in [3.8, 4) is 0 Å². The van der Waals surface area contributed by atoms with Gasteiger partial charge in [0.25, 0.3) is 5.56 Å². The maximum Gasteiger partial charge on any atom is 0.333 e. The van der Waals surface area contributed by atoms with Crippen LogP contribution in [0.2, 0.25) is 0 Å². The lowest BCUT2D eigenvalue weighted by atomic mass is 10.2. The van der Waals surface area contributed by atoms with E-state index in [0.717, 1.165) is 0 Å². The van der Waals surface area contributed by atoms with Crippen molar-refractivity contribution in [3.05, 3.63) is 40.1 Å². The van der Waals surface area contributed by atoms with Gasteiger partial charge in [-0.3, -0.25) is 9.36 Å². The van der Waals surface area contributed by atoms with Crippen LogP contribution in [0.5, 0.6) is 0 Å². The molecular formula is C12H16N2O3. The molecule has 0 radical (unpaired) electrons. The van der Waals surface area contributed by atoms with Gasteiger partial charge in [-0.2, -0.15) is 0 Å². The zero-order valence-electron chi connectivity index (χ0n) is 10.3. The summed E-state index contributed by atoms with van der Waals surface area (Å²) in [5, 5.41) is 0. The van der Waals surface area contributed by atoms with Gasteiger partial charge < -0.3 is 4.74 Å². The molecule has 0 aromatic carbocycles. The van der Waals surface area contributed by atoms with Crippen LogP contribution in [0.4, 0.5) is 0 Å². The fourth-order valence-electron chi connectivity index (χ4n) is 1.37. The number of carbonyl (C=O) groups excluding carboxylic acids is 1. The van der Waals surface area contributed by atoms with E-state index in [0.29, 0.717) is 24.2 Å². The highest BCUT2D eigenvalue weighted by atomic mass is 16.5. The molecule has 1 heterocycles. The van der Waals surface area contributed by atoms with Crippen molar-refractivity contribution in [2.75, 3.05) is 7.11 Å². The average molecular weight is 236 g/mol. The van der Waals surface area contributed by atoms with Gasteiger partial charge in [-0.15, -0.1) is 0 Å². The van der Waals surface area contributed by atoms with Gasteiger partial charge in [-0.05, 0) is 13.3 Å². The number of aromatic nitrogens is 2. The minimum absolute atomic E-state index is 0.130. The molecule has 0 N–H and O–H groups in total. The maximum atomic E-state index is 11.6. The Morgan fingerprint density at radius 2 is 2.29 bits per heavy atom. The van der Waals surface area contributed by atoms with Crippen molar-refractivity contribution in [1.29, 1.82) is 0 Å². The van der Waals surface area contributed by atoms with E-state index in [-0.39, 0.29) is 11.5 Å². The first-order chi connectivity index (χ1) is 8.08. The highest BCUT2D eigenvalue weighted by Crippen LogP contribution is 2.03. The molecule has 17 heavy (non-hydrogen) atoms. The predicted molar refractivity (Wildman–Crippen MR) is 63.6 cm³/mol. The summed E-state index contributed by atoms with van der Waals surface area (Å²) in [4.78, 5) is 26.9. The Morgan fingerprint density at radius 3 is 2.82 bits per heavy atom. The molecule has 5 heteroatoms. The first kappa shape index (κ1) is 13.2. The van der Waals surface area contributed by atoms with Crippen LogP contribution < -0.4 is 5.56 Å². The summed E-state index contributed by atoms with van der Waals surface area (Å²) in [5.74, 6) is -0.361. The molecule has 1 rings (SSSR count). The van der Waals surface area contributed by atoms with Crippen LogP contribution in [0.3, 0.4) is 0 Å². The lowest BCUT2D eigenvalue weighted by Crippen LogP contribution is -2.19. The van der Waals surface area contributed by atoms with E-state index in [9.17, 15) is 9.59 Å². The van der Waals surface area contributed by atoms with E-state index >= 15 is 0 Å². The predicted octanol–water partition coefficient (Wildman–Crippen LogP) is 1.06. The number of nitrogens with zero attached hydrogens (tertiary/aromatic N) is 2. The van der Waals surface area contributed by atoms with Gasteiger partial charge in [-0.1, -0.05) is 13.0 Å². The van der Waals surface area contributed by atoms with E-state index in [4.69, 9.17) is 0 Å². The molecule has 0 aliphatic heterocycles. The van der Waals surface area contributed by atoms with Gasteiger partial charge in [0.05, 0.1) is 13.4 Å². The van der Waals surface area contributed by atoms with E-state index in [2.05, 4.69) is 9.72 Å². The number of hydrogen-bond acceptors (Lipinski definition) is 4. The van der Waals surface area contributed by atoms with Crippen molar-refractivity contribution in [3.63, 3.8) is 0 Å². The smallest absolute Gasteiger partial charge is 0.333 e. The van der Waals surface area contributed by atoms with Crippen LogP contribution in [0.1, 0.15) is 19.0 Å². The highest BCUT2D eigenvalue weighted by molar-refractivity contribution is 5.88. The van der Waals surface area contributed by atoms with Crippen LogP contribution >= 0.6 is 0 Å². The lowest BCUT2D eigenvalue weighted by Gasteiger charge is -2.04. The van der Waals surface area contributed by atoms with E-state index in [1.807, 2.05) is 6.92 Å². The maximum absolute atomic E-state index is 11.6. The molecule has 0 unspecified atom stereocenters. The molecule has 0 aliphatic carbocycles. The third-order valence-electron chi connectivity index (χ3n) is 2.38. The second-order valence-corrected chi connectivity index (χ2v) is 3.60. The standard InChI is InChI=1S/C12H16N2O3/c1-4-10(12(16)17-3)5-6-14-8-13-9(2)7-11(14)15/h5,7-8H,4,6H2,1-3H3. The summed E-state index contributed by atoms with van der Waals surface area (Å²) >= 11 is 0. The molecular weight excluding hydrogens is 220 g/mol. The third kappa shape index (κ3) is 3.55. The van der Waals surface area contributed by atoms with Crippen LogP contribution in [0.25, 0.3) is 0 Å². The summed E-state index contributed by atoms with van der Waals surface area (Å²) < 4.78 is 6.07. The quantitative estimate of drug-likeness (QED) is 0.579. The summed E-state index contributed by atoms with van der Waals surface area (Å²) in [5.41, 5.74) is 1.10. The van der Waals surface area contributed by atoms with Gasteiger partial charge in [-0.25, -0.2) is 9.78 Å². The molecule has 0 saturated heterocycles. The molecule has 5 nitrogen and oxygen atoms in total. The molecule has 0 aliphatic rings. The Labute approximate surface area is 99.7 Å². The minimum atomic E-state index is -0.361. The van der Waals surface area contributed by atoms with Crippen molar-refractivity contribution in [2.24, 2.45) is 0 Å². The number of allylic oxidation sites excluding steroid dienone is 1. The Kier molecular flexibility index (Phi) is 4.63. The summed E-state index contributed by atoms with van der Waals surface area (Å²) in [6, 6.07) is 1.46. The van der Waals surface area contributed by atoms with Crippen LogP contribution in [-0.4, -0.2) is 22.6 Å². The van der Waals surface area contributed by atoms with Gasteiger partial charge in [0.1, 0.15) is 0 Å². The number of aryl methyl sites for hydroxylation is 1. The molecule has 1 aromatic rings. The van der Waals surface area contributed by atoms with Crippen LogP contribution in [0, 0.1) is 6.92 Å². The number of ether oxygens (including phenoxy) is 1. The first-order valence-corrected chi connectivity index (χ1v) is 5.39. The third-order valence-corrected chi connectivity index (χ3v) is 2.38. The Bertz CT molecular complexity index is 489. The molecule has 0 saturated carbocycles. The Balaban J connectivity index is 2.88. The second-order valence-electron chi connectivity index (χ2n) is 3.60. The average Bonchev–Trinajstić information content (AvgIpc) is 2.31. The molecule has 0 atom stereocenters. The molecule has 0 fully saturated rings. The molecule has 0 spiro atoms. The molecule has 92 valence electrons. The van der Waals surface area contributed by atoms with Gasteiger partial charge in [0.15, 0.2) is 0 Å². The van der Waals surface area contributed by atoms with Crippen molar-refractivity contribution < 1.29 is 9.53 Å². The van der Waals surface area contributed by atoms with Gasteiger partial charge in [0.2, 0.25) is 0 Å². The largest absolute Gasteiger partial charge is 0.466 e. The summed E-state index contributed by atoms with van der Waals surface area (Å²) in [7, 11) is 1.34. The van der Waals surface area contributed by atoms with Gasteiger partial charge >= 0.3 is 5.97 Å². The Morgan fingerprint density at radius 1 is 1.59 bits per heavy atom. The Hall–Kier alpha value is -1.91. The molecule has 0 bridgehead atoms. The number of hydrogen-bond donors (Lipinski definition) is 0. The topological polar surface area (TPSA) is 61.2 Å². The van der Waals surface area contributed by atoms with Crippen molar-refractivity contribution in [1.82, 2.24) is 9.55 Å². The van der Waals surface area contributed by atoms with E-state index in [1.165, 1.54) is 24.1 Å². The van der Waals surface area contributed by atoms with E-state index in [1.54, 1.807) is 13.0 Å². The van der Waals surface area contributed by atoms with E-state index < -0.39 is 0 Å². The molecule has 1 aromatic heterocycles. The fourth-order valence-corrected chi connectivity index (χ4v) is 1.37. The van der Waals surface area contributed by atoms with Crippen molar-refractivity contribution in [2.45, 2.75) is 26.8 Å². The number of methoxy groups -OCH3 is 1. The number of carbonyl (C=O) groups is 1. The highest BCUT2D eigenvalue weighted by Gasteiger charge is 2.06. The van der Waals surface area contributed by atoms with Crippen LogP contribution in [-0.2, 0) is 16.1 Å².